The second kappa shape index (κ2) is 9.53. The molecule has 0 saturated carbocycles. The number of hydrogen-bond acceptors (Lipinski definition) is 6. The second-order valence-electron chi connectivity index (χ2n) is 12.8. The number of piperazine rings is 1. The third-order valence-corrected chi connectivity index (χ3v) is 11.2. The summed E-state index contributed by atoms with van der Waals surface area (Å²) < 4.78 is 51.9. The van der Waals surface area contributed by atoms with Crippen LogP contribution < -0.4 is 14.4 Å². The minimum atomic E-state index is -4.51. The minimum absolute atomic E-state index is 0.0541. The van der Waals surface area contributed by atoms with Crippen LogP contribution in [0.5, 0.6) is 11.5 Å². The summed E-state index contributed by atoms with van der Waals surface area (Å²) in [5, 5.41) is -0.0541. The van der Waals surface area contributed by atoms with Crippen LogP contribution in [0.15, 0.2) is 24.4 Å². The second-order valence-corrected chi connectivity index (χ2v) is 13.2. The minimum Gasteiger partial charge on any atom is -0.493 e. The largest absolute Gasteiger partial charge is 0.493 e. The zero-order valence-corrected chi connectivity index (χ0v) is 25.5. The molecule has 2 aromatic heterocycles. The number of carbonyl (C=O) groups excluding carboxylic acids is 1. The zero-order chi connectivity index (χ0) is 30.7. The van der Waals surface area contributed by atoms with E-state index in [0.717, 1.165) is 60.8 Å². The van der Waals surface area contributed by atoms with Gasteiger partial charge in [0.1, 0.15) is 17.6 Å². The lowest BCUT2D eigenvalue weighted by Crippen LogP contribution is -2.62. The van der Waals surface area contributed by atoms with E-state index in [4.69, 9.17) is 21.1 Å². The first-order valence-corrected chi connectivity index (χ1v) is 15.5. The molecule has 2 saturated heterocycles. The fraction of sp³-hybridized carbons (Fsp3) is 0.500. The highest BCUT2D eigenvalue weighted by Crippen LogP contribution is 2.67. The average molecular weight is 628 g/mol. The quantitative estimate of drug-likeness (QED) is 0.432. The van der Waals surface area contributed by atoms with Crippen molar-refractivity contribution in [2.75, 3.05) is 51.8 Å². The molecule has 3 aliphatic heterocycles. The number of likely N-dealkylation sites (tertiary alicyclic amines) is 1. The molecule has 0 radical (unpaired) electrons. The normalized spacial score (nSPS) is 27.1. The summed E-state index contributed by atoms with van der Waals surface area (Å²) in [4.78, 5) is 27.7. The Kier molecular flexibility index (Phi) is 6.08. The molecule has 5 aliphatic rings. The number of benzene rings is 1. The highest BCUT2D eigenvalue weighted by molar-refractivity contribution is 6.33. The van der Waals surface area contributed by atoms with E-state index in [9.17, 15) is 18.0 Å². The van der Waals surface area contributed by atoms with E-state index in [1.165, 1.54) is 16.7 Å². The number of rotatable bonds is 3. The molecule has 4 atom stereocenters. The van der Waals surface area contributed by atoms with E-state index >= 15 is 0 Å². The van der Waals surface area contributed by atoms with Gasteiger partial charge in [-0.25, -0.2) is 4.98 Å². The van der Waals surface area contributed by atoms with Crippen molar-refractivity contribution in [3.8, 4) is 11.5 Å². The molecule has 3 aromatic rings. The number of alkyl halides is 3. The molecule has 8 nitrogen and oxygen atoms in total. The van der Waals surface area contributed by atoms with Gasteiger partial charge in [-0.05, 0) is 74.5 Å². The van der Waals surface area contributed by atoms with Crippen LogP contribution in [0.25, 0.3) is 0 Å². The Morgan fingerprint density at radius 2 is 1.95 bits per heavy atom. The van der Waals surface area contributed by atoms with Crippen LogP contribution >= 0.6 is 11.6 Å². The summed E-state index contributed by atoms with van der Waals surface area (Å²) in [6.45, 7) is 4.62. The van der Waals surface area contributed by atoms with Crippen LogP contribution in [0, 0.1) is 12.8 Å². The summed E-state index contributed by atoms with van der Waals surface area (Å²) in [5.41, 5.74) is 5.30. The molecule has 232 valence electrons. The van der Waals surface area contributed by atoms with Crippen molar-refractivity contribution in [1.29, 1.82) is 0 Å². The number of fused-ring (bicyclic) bond motifs is 2. The Morgan fingerprint density at radius 3 is 2.66 bits per heavy atom. The van der Waals surface area contributed by atoms with Crippen LogP contribution in [0.1, 0.15) is 56.5 Å². The number of hydrogen-bond donors (Lipinski definition) is 1. The number of pyridine rings is 1. The summed E-state index contributed by atoms with van der Waals surface area (Å²) in [7, 11) is 3.90. The number of aromatic amines is 1. The maximum Gasteiger partial charge on any atom is 0.417 e. The molecule has 2 fully saturated rings. The van der Waals surface area contributed by atoms with Crippen molar-refractivity contribution >= 4 is 23.3 Å². The molecule has 8 rings (SSSR count). The number of likely N-dealkylation sites (N-methyl/N-ethyl adjacent to an activating group) is 1. The third-order valence-electron chi connectivity index (χ3n) is 10.9. The molecular formula is C32H33ClF3N5O3. The number of methoxy groups -OCH3 is 1. The Labute approximate surface area is 258 Å². The molecule has 1 spiro atoms. The van der Waals surface area contributed by atoms with Gasteiger partial charge in [-0.15, -0.1) is 0 Å². The number of anilines is 1. The molecule has 1 aromatic carbocycles. The SMILES string of the molecule is COc1ccc2c3c1O[C@H]1c4[nH]c(C(=O)N5CCN(c6ncc(C(F)(F)F)cc6Cl)CC5)c(C)c4CC4[C@@H](C2)N(C)CC[C@@]341. The maximum absolute atomic E-state index is 14.0. The van der Waals surface area contributed by atoms with Gasteiger partial charge in [0.05, 0.1) is 23.4 Å². The Bertz CT molecular complexity index is 1700. The number of amides is 1. The number of nitrogens with zero attached hydrogens (tertiary/aromatic N) is 4. The van der Waals surface area contributed by atoms with Crippen molar-refractivity contribution in [3.05, 3.63) is 68.6 Å². The van der Waals surface area contributed by atoms with Crippen LogP contribution in [0.2, 0.25) is 5.02 Å². The summed E-state index contributed by atoms with van der Waals surface area (Å²) in [5.74, 6) is 2.18. The van der Waals surface area contributed by atoms with E-state index in [1.54, 1.807) is 12.0 Å². The first-order valence-electron chi connectivity index (χ1n) is 15.1. The van der Waals surface area contributed by atoms with E-state index in [0.29, 0.717) is 49.7 Å². The monoisotopic (exact) mass is 627 g/mol. The fourth-order valence-electron chi connectivity index (χ4n) is 8.75. The van der Waals surface area contributed by atoms with E-state index < -0.39 is 11.7 Å². The highest BCUT2D eigenvalue weighted by atomic mass is 35.5. The number of piperidine rings is 1. The highest BCUT2D eigenvalue weighted by Gasteiger charge is 2.65. The predicted molar refractivity (Wildman–Crippen MR) is 158 cm³/mol. The van der Waals surface area contributed by atoms with Gasteiger partial charge >= 0.3 is 6.18 Å². The number of halogens is 4. The lowest BCUT2D eigenvalue weighted by Gasteiger charge is -2.57. The van der Waals surface area contributed by atoms with Gasteiger partial charge in [0.25, 0.3) is 5.91 Å². The molecule has 1 unspecified atom stereocenters. The first kappa shape index (κ1) is 28.1. The van der Waals surface area contributed by atoms with E-state index in [-0.39, 0.29) is 22.4 Å². The number of ether oxygens (including phenoxy) is 2. The maximum atomic E-state index is 14.0. The molecule has 44 heavy (non-hydrogen) atoms. The number of carbonyl (C=O) groups is 1. The van der Waals surface area contributed by atoms with Crippen molar-refractivity contribution < 1.29 is 27.4 Å². The van der Waals surface area contributed by atoms with Crippen LogP contribution in [-0.2, 0) is 24.4 Å². The summed E-state index contributed by atoms with van der Waals surface area (Å²) in [6, 6.07) is 5.51. The number of nitrogens with one attached hydrogen (secondary N) is 1. The van der Waals surface area contributed by atoms with Crippen molar-refractivity contribution in [2.24, 2.45) is 5.92 Å². The van der Waals surface area contributed by atoms with Crippen LogP contribution in [0.3, 0.4) is 0 Å². The topological polar surface area (TPSA) is 73.9 Å². The molecule has 2 aliphatic carbocycles. The smallest absolute Gasteiger partial charge is 0.417 e. The third kappa shape index (κ3) is 3.74. The van der Waals surface area contributed by atoms with Gasteiger partial charge < -0.3 is 29.2 Å². The van der Waals surface area contributed by atoms with E-state index in [2.05, 4.69) is 28.0 Å². The Morgan fingerprint density at radius 1 is 1.18 bits per heavy atom. The van der Waals surface area contributed by atoms with Gasteiger partial charge in [0, 0.05) is 49.4 Å². The lowest BCUT2D eigenvalue weighted by atomic mass is 9.51. The van der Waals surface area contributed by atoms with Gasteiger partial charge in [-0.3, -0.25) is 4.79 Å². The molecular weight excluding hydrogens is 595 g/mol. The molecule has 12 heteroatoms. The van der Waals surface area contributed by atoms with Crippen LogP contribution in [0.4, 0.5) is 19.0 Å². The fourth-order valence-corrected chi connectivity index (χ4v) is 9.03. The summed E-state index contributed by atoms with van der Waals surface area (Å²) in [6.07, 6.45) is -1.11. The number of aromatic nitrogens is 2. The average Bonchev–Trinajstić information content (AvgIpc) is 3.52. The van der Waals surface area contributed by atoms with Gasteiger partial charge in [0.2, 0.25) is 0 Å². The van der Waals surface area contributed by atoms with Gasteiger partial charge in [0.15, 0.2) is 11.5 Å². The molecule has 2 bridgehead atoms. The first-order chi connectivity index (χ1) is 21.0. The lowest BCUT2D eigenvalue weighted by molar-refractivity contribution is -0.137. The standard InChI is InChI=1S/C32H33ClF3N5O3/c1-16-19-14-20-22-12-17-4-5-23(43-3)27-24(17)31(20,6-7-39(22)2)28(44-27)26(19)38-25(16)30(42)41-10-8-40(9-11-41)29-21(33)13-18(15-37-29)32(34,35)36/h4-5,13,15,20,22,28,38H,6-12,14H2,1-3H3/t20?,22-,28+,31+/m1/s1. The summed E-state index contributed by atoms with van der Waals surface area (Å²) >= 11 is 6.20. The predicted octanol–water partition coefficient (Wildman–Crippen LogP) is 5.17. The molecule has 5 heterocycles. The molecule has 1 amide bonds. The van der Waals surface area contributed by atoms with Crippen molar-refractivity contribution in [2.45, 2.75) is 49.9 Å². The zero-order valence-electron chi connectivity index (χ0n) is 24.7. The Balaban J connectivity index is 1.09. The molecule has 1 N–H and O–H groups in total. The Hall–Kier alpha value is -3.44. The van der Waals surface area contributed by atoms with Gasteiger partial charge in [-0.2, -0.15) is 13.2 Å². The van der Waals surface area contributed by atoms with Crippen molar-refractivity contribution in [1.82, 2.24) is 19.8 Å². The van der Waals surface area contributed by atoms with E-state index in [1.807, 2.05) is 17.9 Å². The number of H-pyrrole nitrogens is 1. The van der Waals surface area contributed by atoms with Crippen LogP contribution in [-0.4, -0.2) is 78.6 Å². The van der Waals surface area contributed by atoms with Gasteiger partial charge in [-0.1, -0.05) is 17.7 Å². The van der Waals surface area contributed by atoms with Crippen molar-refractivity contribution in [3.63, 3.8) is 0 Å².